The Labute approximate surface area is 113 Å². The van der Waals surface area contributed by atoms with Crippen LogP contribution in [0.5, 0.6) is 0 Å². The molecule has 0 saturated carbocycles. The van der Waals surface area contributed by atoms with Crippen LogP contribution < -0.4 is 5.32 Å². The minimum Gasteiger partial charge on any atom is -0.349 e. The van der Waals surface area contributed by atoms with Crippen molar-refractivity contribution in [1.82, 2.24) is 10.2 Å². The van der Waals surface area contributed by atoms with Gasteiger partial charge < -0.3 is 10.2 Å². The normalized spacial score (nSPS) is 17.6. The molecular weight excluding hydrogens is 244 g/mol. The Bertz CT molecular complexity index is 395. The third-order valence-corrected chi connectivity index (χ3v) is 4.42. The van der Waals surface area contributed by atoms with Gasteiger partial charge in [0.2, 0.25) is 5.91 Å². The molecule has 1 unspecified atom stereocenters. The van der Waals surface area contributed by atoms with Crippen LogP contribution in [0.3, 0.4) is 0 Å². The average Bonchev–Trinajstić information content (AvgIpc) is 2.76. The lowest BCUT2D eigenvalue weighted by Crippen LogP contribution is -2.30. The summed E-state index contributed by atoms with van der Waals surface area (Å²) < 4.78 is 0. The molecule has 1 atom stereocenters. The van der Waals surface area contributed by atoms with Crippen molar-refractivity contribution in [2.24, 2.45) is 0 Å². The Morgan fingerprint density at radius 1 is 1.44 bits per heavy atom. The summed E-state index contributed by atoms with van der Waals surface area (Å²) in [6.07, 6.45) is 1.72. The van der Waals surface area contributed by atoms with E-state index in [0.717, 1.165) is 19.5 Å². The van der Waals surface area contributed by atoms with Crippen LogP contribution in [0, 0.1) is 0 Å². The maximum atomic E-state index is 11.4. The van der Waals surface area contributed by atoms with Gasteiger partial charge in [0.15, 0.2) is 0 Å². The van der Waals surface area contributed by atoms with E-state index in [2.05, 4.69) is 29.6 Å². The molecule has 0 bridgehead atoms. The molecule has 0 spiro atoms. The standard InChI is InChI=1S/C14H20N2OS/c1-16(2)14(17)7-8-15-10-12-9-11-5-3-4-6-13(11)18-12/h3-6,12,15H,7-10H2,1-2H3. The molecule has 0 aliphatic carbocycles. The first-order valence-electron chi connectivity index (χ1n) is 6.32. The maximum absolute atomic E-state index is 11.4. The second kappa shape index (κ2) is 6.25. The lowest BCUT2D eigenvalue weighted by molar-refractivity contribution is -0.128. The molecule has 0 aromatic heterocycles. The van der Waals surface area contributed by atoms with Crippen LogP contribution in [-0.2, 0) is 11.2 Å². The fourth-order valence-electron chi connectivity index (χ4n) is 2.05. The zero-order valence-electron chi connectivity index (χ0n) is 11.0. The van der Waals surface area contributed by atoms with E-state index in [9.17, 15) is 4.79 Å². The largest absolute Gasteiger partial charge is 0.349 e. The molecule has 18 heavy (non-hydrogen) atoms. The summed E-state index contributed by atoms with van der Waals surface area (Å²) in [5.74, 6) is 0.185. The van der Waals surface area contributed by atoms with Crippen LogP contribution >= 0.6 is 11.8 Å². The Hall–Kier alpha value is -1.00. The molecule has 1 aromatic carbocycles. The number of fused-ring (bicyclic) bond motifs is 1. The van der Waals surface area contributed by atoms with Gasteiger partial charge in [-0.25, -0.2) is 0 Å². The van der Waals surface area contributed by atoms with Gasteiger partial charge in [-0.3, -0.25) is 4.79 Å². The van der Waals surface area contributed by atoms with Crippen molar-refractivity contribution >= 4 is 17.7 Å². The summed E-state index contributed by atoms with van der Waals surface area (Å²) >= 11 is 1.94. The summed E-state index contributed by atoms with van der Waals surface area (Å²) in [7, 11) is 3.59. The van der Waals surface area contributed by atoms with Gasteiger partial charge in [-0.05, 0) is 18.1 Å². The molecule has 1 aliphatic rings. The van der Waals surface area contributed by atoms with Crippen molar-refractivity contribution in [3.8, 4) is 0 Å². The van der Waals surface area contributed by atoms with Crippen LogP contribution in [-0.4, -0.2) is 43.2 Å². The van der Waals surface area contributed by atoms with Crippen molar-refractivity contribution in [2.75, 3.05) is 27.2 Å². The number of hydrogen-bond donors (Lipinski definition) is 1. The Balaban J connectivity index is 1.67. The molecule has 1 amide bonds. The first-order chi connectivity index (χ1) is 8.66. The van der Waals surface area contributed by atoms with Crippen LogP contribution in [0.2, 0.25) is 0 Å². The zero-order valence-corrected chi connectivity index (χ0v) is 11.8. The van der Waals surface area contributed by atoms with E-state index in [1.54, 1.807) is 19.0 Å². The number of amides is 1. The van der Waals surface area contributed by atoms with Gasteiger partial charge in [-0.15, -0.1) is 11.8 Å². The number of thioether (sulfide) groups is 1. The fourth-order valence-corrected chi connectivity index (χ4v) is 3.33. The number of nitrogens with zero attached hydrogens (tertiary/aromatic N) is 1. The molecule has 1 N–H and O–H groups in total. The number of carbonyl (C=O) groups is 1. The Morgan fingerprint density at radius 2 is 2.22 bits per heavy atom. The number of rotatable bonds is 5. The van der Waals surface area contributed by atoms with Crippen molar-refractivity contribution in [1.29, 1.82) is 0 Å². The second-order valence-corrected chi connectivity index (χ2v) is 6.14. The molecular formula is C14H20N2OS. The molecule has 0 saturated heterocycles. The van der Waals surface area contributed by atoms with Crippen molar-refractivity contribution in [2.45, 2.75) is 23.0 Å². The van der Waals surface area contributed by atoms with Crippen LogP contribution in [0.1, 0.15) is 12.0 Å². The lowest BCUT2D eigenvalue weighted by Gasteiger charge is -2.12. The van der Waals surface area contributed by atoms with E-state index < -0.39 is 0 Å². The van der Waals surface area contributed by atoms with E-state index in [1.165, 1.54) is 10.5 Å². The molecule has 0 fully saturated rings. The Kier molecular flexibility index (Phi) is 4.66. The topological polar surface area (TPSA) is 32.3 Å². The van der Waals surface area contributed by atoms with Crippen LogP contribution in [0.25, 0.3) is 0 Å². The van der Waals surface area contributed by atoms with E-state index in [-0.39, 0.29) is 5.91 Å². The van der Waals surface area contributed by atoms with Crippen molar-refractivity contribution in [3.05, 3.63) is 29.8 Å². The molecule has 1 aliphatic heterocycles. The minimum atomic E-state index is 0.185. The van der Waals surface area contributed by atoms with Gasteiger partial charge in [0.1, 0.15) is 0 Å². The first kappa shape index (κ1) is 13.4. The third-order valence-electron chi connectivity index (χ3n) is 3.10. The van der Waals surface area contributed by atoms with Crippen molar-refractivity contribution < 1.29 is 4.79 Å². The molecule has 1 heterocycles. The molecule has 4 heteroatoms. The van der Waals surface area contributed by atoms with Crippen molar-refractivity contribution in [3.63, 3.8) is 0 Å². The summed E-state index contributed by atoms with van der Waals surface area (Å²) in [6, 6.07) is 8.59. The highest BCUT2D eigenvalue weighted by atomic mass is 32.2. The summed E-state index contributed by atoms with van der Waals surface area (Å²) in [4.78, 5) is 14.4. The molecule has 3 nitrogen and oxygen atoms in total. The predicted molar refractivity (Wildman–Crippen MR) is 76.0 cm³/mol. The van der Waals surface area contributed by atoms with E-state index in [0.29, 0.717) is 11.7 Å². The van der Waals surface area contributed by atoms with Gasteiger partial charge >= 0.3 is 0 Å². The predicted octanol–water partition coefficient (Wildman–Crippen LogP) is 1.77. The number of hydrogen-bond acceptors (Lipinski definition) is 3. The summed E-state index contributed by atoms with van der Waals surface area (Å²) in [5.41, 5.74) is 1.46. The van der Waals surface area contributed by atoms with Gasteiger partial charge in [0.05, 0.1) is 0 Å². The number of nitrogens with one attached hydrogen (secondary N) is 1. The number of benzene rings is 1. The molecule has 98 valence electrons. The van der Waals surface area contributed by atoms with E-state index >= 15 is 0 Å². The quantitative estimate of drug-likeness (QED) is 0.823. The highest BCUT2D eigenvalue weighted by molar-refractivity contribution is 8.00. The summed E-state index contributed by atoms with van der Waals surface area (Å²) in [6.45, 7) is 1.74. The monoisotopic (exact) mass is 264 g/mol. The zero-order chi connectivity index (χ0) is 13.0. The van der Waals surface area contributed by atoms with Crippen LogP contribution in [0.15, 0.2) is 29.2 Å². The smallest absolute Gasteiger partial charge is 0.223 e. The third kappa shape index (κ3) is 3.50. The molecule has 2 rings (SSSR count). The van der Waals surface area contributed by atoms with E-state index in [1.807, 2.05) is 11.8 Å². The second-order valence-electron chi connectivity index (χ2n) is 4.79. The highest BCUT2D eigenvalue weighted by Gasteiger charge is 2.21. The SMILES string of the molecule is CN(C)C(=O)CCNCC1Cc2ccccc2S1. The van der Waals surface area contributed by atoms with E-state index in [4.69, 9.17) is 0 Å². The van der Waals surface area contributed by atoms with Gasteiger partial charge in [0.25, 0.3) is 0 Å². The molecule has 0 radical (unpaired) electrons. The highest BCUT2D eigenvalue weighted by Crippen LogP contribution is 2.36. The first-order valence-corrected chi connectivity index (χ1v) is 7.20. The molecule has 1 aromatic rings. The lowest BCUT2D eigenvalue weighted by atomic mass is 10.1. The summed E-state index contributed by atoms with van der Waals surface area (Å²) in [5, 5.41) is 3.99. The number of carbonyl (C=O) groups excluding carboxylic acids is 1. The van der Waals surface area contributed by atoms with Gasteiger partial charge in [0, 0.05) is 43.8 Å². The maximum Gasteiger partial charge on any atom is 0.223 e. The van der Waals surface area contributed by atoms with Crippen LogP contribution in [0.4, 0.5) is 0 Å². The minimum absolute atomic E-state index is 0.185. The fraction of sp³-hybridized carbons (Fsp3) is 0.500. The Morgan fingerprint density at radius 3 is 2.94 bits per heavy atom. The van der Waals surface area contributed by atoms with Gasteiger partial charge in [-0.1, -0.05) is 18.2 Å². The average molecular weight is 264 g/mol. The van der Waals surface area contributed by atoms with Gasteiger partial charge in [-0.2, -0.15) is 0 Å².